The van der Waals surface area contributed by atoms with Gasteiger partial charge in [0.05, 0.1) is 5.69 Å². The molecule has 1 aliphatic rings. The summed E-state index contributed by atoms with van der Waals surface area (Å²) in [5, 5.41) is 3.54. The molecule has 94 valence electrons. The van der Waals surface area contributed by atoms with Crippen LogP contribution in [-0.4, -0.2) is 40.5 Å². The first-order chi connectivity index (χ1) is 8.28. The second-order valence-corrected chi connectivity index (χ2v) is 4.73. The van der Waals surface area contributed by atoms with Gasteiger partial charge in [-0.25, -0.2) is 9.97 Å². The highest BCUT2D eigenvalue weighted by molar-refractivity contribution is 5.01. The van der Waals surface area contributed by atoms with E-state index in [4.69, 9.17) is 0 Å². The van der Waals surface area contributed by atoms with Crippen molar-refractivity contribution in [3.05, 3.63) is 23.8 Å². The molecule has 17 heavy (non-hydrogen) atoms. The van der Waals surface area contributed by atoms with Crippen LogP contribution in [0.3, 0.4) is 0 Å². The molecule has 2 rings (SSSR count). The first-order valence-electron chi connectivity index (χ1n) is 6.52. The fraction of sp³-hybridized carbons (Fsp3) is 0.692. The molecule has 2 heterocycles. The van der Waals surface area contributed by atoms with E-state index in [0.717, 1.165) is 31.2 Å². The average Bonchev–Trinajstić information content (AvgIpc) is 2.30. The number of piperidine rings is 1. The summed E-state index contributed by atoms with van der Waals surface area (Å²) in [6.45, 7) is 8.45. The summed E-state index contributed by atoms with van der Waals surface area (Å²) < 4.78 is 0. The van der Waals surface area contributed by atoms with Gasteiger partial charge in [-0.2, -0.15) is 0 Å². The minimum absolute atomic E-state index is 0.650. The SMILES string of the molecule is CCNC1CCCN(Cc2ccnc(C)n2)C1. The second kappa shape index (κ2) is 6.07. The Morgan fingerprint density at radius 3 is 3.18 bits per heavy atom. The van der Waals surface area contributed by atoms with Crippen molar-refractivity contribution in [3.63, 3.8) is 0 Å². The molecule has 0 bridgehead atoms. The third-order valence-electron chi connectivity index (χ3n) is 3.22. The van der Waals surface area contributed by atoms with Crippen LogP contribution in [0.5, 0.6) is 0 Å². The summed E-state index contributed by atoms with van der Waals surface area (Å²) in [4.78, 5) is 11.1. The molecular weight excluding hydrogens is 212 g/mol. The Balaban J connectivity index is 1.90. The molecule has 1 atom stereocenters. The maximum Gasteiger partial charge on any atom is 0.125 e. The third-order valence-corrected chi connectivity index (χ3v) is 3.22. The maximum absolute atomic E-state index is 4.47. The number of likely N-dealkylation sites (tertiary alicyclic amines) is 1. The third kappa shape index (κ3) is 3.75. The first kappa shape index (κ1) is 12.5. The lowest BCUT2D eigenvalue weighted by molar-refractivity contribution is 0.183. The average molecular weight is 234 g/mol. The fourth-order valence-corrected chi connectivity index (χ4v) is 2.48. The highest BCUT2D eigenvalue weighted by Gasteiger charge is 2.19. The van der Waals surface area contributed by atoms with Crippen LogP contribution in [0.15, 0.2) is 12.3 Å². The Hall–Kier alpha value is -1.00. The first-order valence-corrected chi connectivity index (χ1v) is 6.52. The number of aryl methyl sites for hydroxylation is 1. The van der Waals surface area contributed by atoms with E-state index in [1.165, 1.54) is 19.4 Å². The van der Waals surface area contributed by atoms with E-state index in [2.05, 4.69) is 27.1 Å². The van der Waals surface area contributed by atoms with Gasteiger partial charge in [0.25, 0.3) is 0 Å². The van der Waals surface area contributed by atoms with E-state index >= 15 is 0 Å². The summed E-state index contributed by atoms with van der Waals surface area (Å²) in [5.74, 6) is 0.864. The summed E-state index contributed by atoms with van der Waals surface area (Å²) in [7, 11) is 0. The topological polar surface area (TPSA) is 41.0 Å². The molecule has 0 spiro atoms. The Morgan fingerprint density at radius 2 is 2.41 bits per heavy atom. The van der Waals surface area contributed by atoms with Crippen LogP contribution in [0.1, 0.15) is 31.3 Å². The lowest BCUT2D eigenvalue weighted by Gasteiger charge is -2.32. The molecule has 0 saturated carbocycles. The molecule has 1 N–H and O–H groups in total. The molecule has 0 radical (unpaired) electrons. The lowest BCUT2D eigenvalue weighted by atomic mass is 10.1. The van der Waals surface area contributed by atoms with Crippen molar-refractivity contribution in [2.75, 3.05) is 19.6 Å². The molecule has 1 fully saturated rings. The van der Waals surface area contributed by atoms with Gasteiger partial charge in [0.1, 0.15) is 5.82 Å². The number of hydrogen-bond acceptors (Lipinski definition) is 4. The largest absolute Gasteiger partial charge is 0.313 e. The van der Waals surface area contributed by atoms with Gasteiger partial charge in [-0.3, -0.25) is 4.90 Å². The Bertz CT molecular complexity index is 351. The number of rotatable bonds is 4. The van der Waals surface area contributed by atoms with Crippen molar-refractivity contribution in [2.45, 2.75) is 39.3 Å². The van der Waals surface area contributed by atoms with Crippen molar-refractivity contribution in [1.29, 1.82) is 0 Å². The minimum atomic E-state index is 0.650. The molecule has 4 heteroatoms. The van der Waals surface area contributed by atoms with E-state index in [1.807, 2.05) is 19.2 Å². The zero-order chi connectivity index (χ0) is 12.1. The normalized spacial score (nSPS) is 21.6. The molecule has 1 saturated heterocycles. The van der Waals surface area contributed by atoms with Crippen LogP contribution < -0.4 is 5.32 Å². The quantitative estimate of drug-likeness (QED) is 0.854. The van der Waals surface area contributed by atoms with Crippen LogP contribution in [0.4, 0.5) is 0 Å². The van der Waals surface area contributed by atoms with Crippen LogP contribution in [-0.2, 0) is 6.54 Å². The van der Waals surface area contributed by atoms with E-state index in [9.17, 15) is 0 Å². The zero-order valence-electron chi connectivity index (χ0n) is 10.8. The lowest BCUT2D eigenvalue weighted by Crippen LogP contribution is -2.45. The number of nitrogens with one attached hydrogen (secondary N) is 1. The van der Waals surface area contributed by atoms with Crippen molar-refractivity contribution in [2.24, 2.45) is 0 Å². The van der Waals surface area contributed by atoms with Gasteiger partial charge >= 0.3 is 0 Å². The van der Waals surface area contributed by atoms with Crippen molar-refractivity contribution < 1.29 is 0 Å². The smallest absolute Gasteiger partial charge is 0.125 e. The van der Waals surface area contributed by atoms with Crippen molar-refractivity contribution in [1.82, 2.24) is 20.2 Å². The number of aromatic nitrogens is 2. The van der Waals surface area contributed by atoms with Gasteiger partial charge in [-0.15, -0.1) is 0 Å². The molecule has 1 aromatic rings. The van der Waals surface area contributed by atoms with Crippen molar-refractivity contribution >= 4 is 0 Å². The molecule has 1 aliphatic heterocycles. The second-order valence-electron chi connectivity index (χ2n) is 4.73. The Labute approximate surface area is 103 Å². The standard InChI is InChI=1S/C13H22N4/c1-3-14-12-5-4-8-17(9-12)10-13-6-7-15-11(2)16-13/h6-7,12,14H,3-5,8-10H2,1-2H3. The van der Waals surface area contributed by atoms with E-state index < -0.39 is 0 Å². The van der Waals surface area contributed by atoms with Crippen LogP contribution in [0.2, 0.25) is 0 Å². The van der Waals surface area contributed by atoms with Gasteiger partial charge < -0.3 is 5.32 Å². The molecule has 1 unspecified atom stereocenters. The fourth-order valence-electron chi connectivity index (χ4n) is 2.48. The van der Waals surface area contributed by atoms with Crippen LogP contribution >= 0.6 is 0 Å². The summed E-state index contributed by atoms with van der Waals surface area (Å²) >= 11 is 0. The number of likely N-dealkylation sites (N-methyl/N-ethyl adjacent to an activating group) is 1. The minimum Gasteiger partial charge on any atom is -0.313 e. The molecule has 0 aromatic carbocycles. The predicted octanol–water partition coefficient (Wildman–Crippen LogP) is 1.36. The molecular formula is C13H22N4. The van der Waals surface area contributed by atoms with Crippen molar-refractivity contribution in [3.8, 4) is 0 Å². The van der Waals surface area contributed by atoms with Gasteiger partial charge in [0, 0.05) is 25.3 Å². The van der Waals surface area contributed by atoms with Crippen LogP contribution in [0.25, 0.3) is 0 Å². The highest BCUT2D eigenvalue weighted by Crippen LogP contribution is 2.12. The number of hydrogen-bond donors (Lipinski definition) is 1. The summed E-state index contributed by atoms with van der Waals surface area (Å²) in [5.41, 5.74) is 1.13. The molecule has 0 amide bonds. The Morgan fingerprint density at radius 1 is 1.53 bits per heavy atom. The molecule has 0 aliphatic carbocycles. The Kier molecular flexibility index (Phi) is 4.45. The van der Waals surface area contributed by atoms with Gasteiger partial charge in [-0.05, 0) is 38.9 Å². The van der Waals surface area contributed by atoms with Crippen LogP contribution in [0, 0.1) is 6.92 Å². The zero-order valence-corrected chi connectivity index (χ0v) is 10.8. The maximum atomic E-state index is 4.47. The van der Waals surface area contributed by atoms with E-state index in [0.29, 0.717) is 6.04 Å². The molecule has 4 nitrogen and oxygen atoms in total. The predicted molar refractivity (Wildman–Crippen MR) is 68.7 cm³/mol. The highest BCUT2D eigenvalue weighted by atomic mass is 15.2. The van der Waals surface area contributed by atoms with E-state index in [1.54, 1.807) is 0 Å². The van der Waals surface area contributed by atoms with E-state index in [-0.39, 0.29) is 0 Å². The summed E-state index contributed by atoms with van der Waals surface area (Å²) in [6.07, 6.45) is 4.43. The van der Waals surface area contributed by atoms with Gasteiger partial charge in [0.2, 0.25) is 0 Å². The van der Waals surface area contributed by atoms with Gasteiger partial charge in [-0.1, -0.05) is 6.92 Å². The monoisotopic (exact) mass is 234 g/mol. The molecule has 1 aromatic heterocycles. The summed E-state index contributed by atoms with van der Waals surface area (Å²) in [6, 6.07) is 2.67. The number of nitrogens with zero attached hydrogens (tertiary/aromatic N) is 3. The van der Waals surface area contributed by atoms with Gasteiger partial charge in [0.15, 0.2) is 0 Å².